The number of fused-ring (bicyclic) bond motifs is 2. The summed E-state index contributed by atoms with van der Waals surface area (Å²) in [4.78, 5) is 6.81. The zero-order valence-corrected chi connectivity index (χ0v) is 16.4. The molecule has 1 N–H and O–H groups in total. The zero-order valence-electron chi connectivity index (χ0n) is 16.4. The predicted molar refractivity (Wildman–Crippen MR) is 114 cm³/mol. The lowest BCUT2D eigenvalue weighted by Gasteiger charge is -2.25. The monoisotopic (exact) mass is 402 g/mol. The van der Waals surface area contributed by atoms with Crippen molar-refractivity contribution in [2.75, 3.05) is 32.8 Å². The number of rotatable bonds is 4. The van der Waals surface area contributed by atoms with Gasteiger partial charge in [0.15, 0.2) is 5.76 Å². The Hall–Kier alpha value is -3.42. The van der Waals surface area contributed by atoms with Gasteiger partial charge in [-0.3, -0.25) is 4.90 Å². The Bertz CT molecular complexity index is 1280. The molecule has 30 heavy (non-hydrogen) atoms. The number of aromatic nitrogens is 2. The molecule has 4 aromatic rings. The lowest BCUT2D eigenvalue weighted by Crippen LogP contribution is -2.36. The van der Waals surface area contributed by atoms with Gasteiger partial charge in [-0.1, -0.05) is 23.4 Å². The SMILES string of the molecule is O/N=c1/cc(-c2cc3cccn3cn2)oc2ccc(/C=C\CN3CCOCC3)cc12. The first-order valence-corrected chi connectivity index (χ1v) is 9.96. The van der Waals surface area contributed by atoms with E-state index in [0.29, 0.717) is 22.4 Å². The Morgan fingerprint density at radius 1 is 1.13 bits per heavy atom. The molecule has 5 rings (SSSR count). The minimum Gasteiger partial charge on any atom is -0.454 e. The number of hydrogen-bond donors (Lipinski definition) is 1. The van der Waals surface area contributed by atoms with Gasteiger partial charge in [-0.2, -0.15) is 0 Å². The minimum absolute atomic E-state index is 0.451. The average Bonchev–Trinajstić information content (AvgIpc) is 3.27. The fourth-order valence-electron chi connectivity index (χ4n) is 3.69. The van der Waals surface area contributed by atoms with Crippen LogP contribution in [0.2, 0.25) is 0 Å². The van der Waals surface area contributed by atoms with Crippen molar-refractivity contribution in [2.45, 2.75) is 0 Å². The van der Waals surface area contributed by atoms with Crippen LogP contribution in [0.5, 0.6) is 0 Å². The van der Waals surface area contributed by atoms with Crippen molar-refractivity contribution in [3.8, 4) is 11.5 Å². The van der Waals surface area contributed by atoms with Crippen LogP contribution in [-0.4, -0.2) is 52.3 Å². The first-order valence-electron chi connectivity index (χ1n) is 9.96. The Labute approximate surface area is 173 Å². The van der Waals surface area contributed by atoms with Crippen LogP contribution < -0.4 is 5.36 Å². The molecule has 0 amide bonds. The maximum atomic E-state index is 9.61. The van der Waals surface area contributed by atoms with E-state index in [2.05, 4.69) is 27.2 Å². The van der Waals surface area contributed by atoms with E-state index in [4.69, 9.17) is 9.15 Å². The fourth-order valence-corrected chi connectivity index (χ4v) is 3.69. The summed E-state index contributed by atoms with van der Waals surface area (Å²) >= 11 is 0. The summed E-state index contributed by atoms with van der Waals surface area (Å²) in [6, 6.07) is 13.5. The van der Waals surface area contributed by atoms with Gasteiger partial charge in [0.1, 0.15) is 16.6 Å². The molecule has 1 aliphatic heterocycles. The van der Waals surface area contributed by atoms with Crippen LogP contribution in [0.3, 0.4) is 0 Å². The standard InChI is InChI=1S/C23H22N4O3/c28-25-20-15-23(21-14-18-4-2-8-27(18)16-24-21)30-22-6-5-17(13-19(20)22)3-1-7-26-9-11-29-12-10-26/h1-6,8,13-16,28H,7,9-12H2/b3-1-,25-20-. The molecule has 0 atom stereocenters. The normalized spacial score (nSPS) is 16.2. The van der Waals surface area contributed by atoms with E-state index in [1.807, 2.05) is 47.0 Å². The number of morpholine rings is 1. The van der Waals surface area contributed by atoms with Crippen LogP contribution in [0.25, 0.3) is 34.0 Å². The number of ether oxygens (including phenoxy) is 1. The first kappa shape index (κ1) is 18.6. The number of benzene rings is 1. The van der Waals surface area contributed by atoms with Gasteiger partial charge in [-0.15, -0.1) is 0 Å². The smallest absolute Gasteiger partial charge is 0.155 e. The summed E-state index contributed by atoms with van der Waals surface area (Å²) in [6.07, 6.45) is 7.89. The van der Waals surface area contributed by atoms with E-state index in [1.54, 1.807) is 12.4 Å². The Balaban J connectivity index is 1.46. The lowest BCUT2D eigenvalue weighted by atomic mass is 10.1. The van der Waals surface area contributed by atoms with Crippen molar-refractivity contribution in [3.05, 3.63) is 72.0 Å². The third kappa shape index (κ3) is 3.72. The Morgan fingerprint density at radius 2 is 2.03 bits per heavy atom. The largest absolute Gasteiger partial charge is 0.454 e. The minimum atomic E-state index is 0.451. The molecular formula is C23H22N4O3. The third-order valence-corrected chi connectivity index (χ3v) is 5.32. The van der Waals surface area contributed by atoms with Gasteiger partial charge in [0, 0.05) is 42.8 Å². The van der Waals surface area contributed by atoms with Crippen molar-refractivity contribution in [3.63, 3.8) is 0 Å². The Kier molecular flexibility index (Phi) is 5.04. The molecular weight excluding hydrogens is 380 g/mol. The van der Waals surface area contributed by atoms with Crippen molar-refractivity contribution in [1.82, 2.24) is 14.3 Å². The van der Waals surface area contributed by atoms with Gasteiger partial charge in [0.05, 0.1) is 19.5 Å². The molecule has 0 bridgehead atoms. The van der Waals surface area contributed by atoms with E-state index in [1.165, 1.54) is 0 Å². The molecule has 4 heterocycles. The van der Waals surface area contributed by atoms with E-state index in [0.717, 1.165) is 49.3 Å². The van der Waals surface area contributed by atoms with Crippen LogP contribution in [0.15, 0.2) is 70.6 Å². The highest BCUT2D eigenvalue weighted by Crippen LogP contribution is 2.23. The van der Waals surface area contributed by atoms with Gasteiger partial charge in [-0.25, -0.2) is 4.98 Å². The maximum absolute atomic E-state index is 9.61. The van der Waals surface area contributed by atoms with E-state index in [-0.39, 0.29) is 0 Å². The topological polar surface area (TPSA) is 75.5 Å². The molecule has 1 aromatic carbocycles. The molecule has 3 aromatic heterocycles. The van der Waals surface area contributed by atoms with Crippen molar-refractivity contribution >= 4 is 22.6 Å². The molecule has 7 heteroatoms. The maximum Gasteiger partial charge on any atom is 0.155 e. The molecule has 152 valence electrons. The van der Waals surface area contributed by atoms with Crippen molar-refractivity contribution < 1.29 is 14.4 Å². The third-order valence-electron chi connectivity index (χ3n) is 5.32. The highest BCUT2D eigenvalue weighted by Gasteiger charge is 2.10. The molecule has 0 saturated carbocycles. The summed E-state index contributed by atoms with van der Waals surface area (Å²) in [5.41, 5.74) is 3.36. The van der Waals surface area contributed by atoms with Gasteiger partial charge in [-0.05, 0) is 35.9 Å². The Morgan fingerprint density at radius 3 is 2.90 bits per heavy atom. The molecule has 0 unspecified atom stereocenters. The van der Waals surface area contributed by atoms with Gasteiger partial charge >= 0.3 is 0 Å². The van der Waals surface area contributed by atoms with Crippen molar-refractivity contribution in [1.29, 1.82) is 0 Å². The van der Waals surface area contributed by atoms with Crippen LogP contribution in [-0.2, 0) is 4.74 Å². The van der Waals surface area contributed by atoms with Gasteiger partial charge in [0.25, 0.3) is 0 Å². The highest BCUT2D eigenvalue weighted by atomic mass is 16.5. The first-order chi connectivity index (χ1) is 14.8. The van der Waals surface area contributed by atoms with Crippen LogP contribution in [0.4, 0.5) is 0 Å². The molecule has 1 saturated heterocycles. The molecule has 1 fully saturated rings. The number of nitrogens with zero attached hydrogens (tertiary/aromatic N) is 4. The fraction of sp³-hybridized carbons (Fsp3) is 0.217. The van der Waals surface area contributed by atoms with E-state index < -0.39 is 0 Å². The predicted octanol–water partition coefficient (Wildman–Crippen LogP) is 3.38. The van der Waals surface area contributed by atoms with Gasteiger partial charge in [0.2, 0.25) is 0 Å². The van der Waals surface area contributed by atoms with Gasteiger partial charge < -0.3 is 18.8 Å². The second-order valence-electron chi connectivity index (χ2n) is 7.28. The van der Waals surface area contributed by atoms with Crippen molar-refractivity contribution in [2.24, 2.45) is 5.16 Å². The summed E-state index contributed by atoms with van der Waals surface area (Å²) in [7, 11) is 0. The molecule has 0 spiro atoms. The number of hydrogen-bond acceptors (Lipinski definition) is 6. The quantitative estimate of drug-likeness (QED) is 0.418. The molecule has 1 aliphatic rings. The van der Waals surface area contributed by atoms with E-state index >= 15 is 0 Å². The molecule has 0 aliphatic carbocycles. The van der Waals surface area contributed by atoms with Crippen LogP contribution in [0.1, 0.15) is 5.56 Å². The second kappa shape index (κ2) is 8.14. The van der Waals surface area contributed by atoms with Crippen LogP contribution in [0, 0.1) is 0 Å². The zero-order chi connectivity index (χ0) is 20.3. The average molecular weight is 402 g/mol. The lowest BCUT2D eigenvalue weighted by molar-refractivity contribution is 0.0435. The summed E-state index contributed by atoms with van der Waals surface area (Å²) in [5, 5.41) is 14.3. The summed E-state index contributed by atoms with van der Waals surface area (Å²) < 4.78 is 13.4. The summed E-state index contributed by atoms with van der Waals surface area (Å²) in [6.45, 7) is 4.39. The molecule has 7 nitrogen and oxygen atoms in total. The highest BCUT2D eigenvalue weighted by molar-refractivity contribution is 5.81. The summed E-state index contributed by atoms with van der Waals surface area (Å²) in [5.74, 6) is 0.551. The van der Waals surface area contributed by atoms with Crippen LogP contribution >= 0.6 is 0 Å². The van der Waals surface area contributed by atoms with E-state index in [9.17, 15) is 5.21 Å². The second-order valence-corrected chi connectivity index (χ2v) is 7.28. The molecule has 0 radical (unpaired) electrons.